The van der Waals surface area contributed by atoms with Crippen molar-refractivity contribution < 1.29 is 4.42 Å². The van der Waals surface area contributed by atoms with Crippen molar-refractivity contribution in [3.63, 3.8) is 0 Å². The molecule has 0 amide bonds. The van der Waals surface area contributed by atoms with Gasteiger partial charge in [-0.2, -0.15) is 5.10 Å². The zero-order valence-electron chi connectivity index (χ0n) is 12.2. The first-order valence-corrected chi connectivity index (χ1v) is 7.92. The number of nitrogens with zero attached hydrogens (tertiary/aromatic N) is 5. The monoisotopic (exact) mass is 287 g/mol. The van der Waals surface area contributed by atoms with Crippen LogP contribution in [0.25, 0.3) is 0 Å². The van der Waals surface area contributed by atoms with Gasteiger partial charge in [-0.1, -0.05) is 6.42 Å². The third-order valence-electron chi connectivity index (χ3n) is 4.45. The smallest absolute Gasteiger partial charge is 0.230 e. The van der Waals surface area contributed by atoms with Gasteiger partial charge in [0, 0.05) is 24.4 Å². The van der Waals surface area contributed by atoms with Crippen molar-refractivity contribution in [3.8, 4) is 0 Å². The Labute approximate surface area is 124 Å². The Morgan fingerprint density at radius 3 is 2.95 bits per heavy atom. The molecule has 4 rings (SSSR count). The normalized spacial score (nSPS) is 23.5. The number of hydrogen-bond acceptors (Lipinski definition) is 5. The summed E-state index contributed by atoms with van der Waals surface area (Å²) in [6, 6.07) is 2.49. The number of aromatic nitrogens is 4. The van der Waals surface area contributed by atoms with Gasteiger partial charge in [-0.3, -0.25) is 9.58 Å². The summed E-state index contributed by atoms with van der Waals surface area (Å²) in [6.07, 6.45) is 10.0. The summed E-state index contributed by atoms with van der Waals surface area (Å²) in [5.74, 6) is 2.14. The molecule has 1 aliphatic heterocycles. The molecule has 2 fully saturated rings. The quantitative estimate of drug-likeness (QED) is 0.843. The molecule has 1 unspecified atom stereocenters. The second-order valence-electron chi connectivity index (χ2n) is 6.16. The van der Waals surface area contributed by atoms with Crippen LogP contribution < -0.4 is 0 Å². The minimum absolute atomic E-state index is 0.509. The minimum Gasteiger partial charge on any atom is -0.424 e. The SMILES string of the molecule is c1cnn(CC2CCCCN2Cc2nnc(C3CC3)o2)c1. The first kappa shape index (κ1) is 13.0. The van der Waals surface area contributed by atoms with E-state index in [9.17, 15) is 0 Å². The van der Waals surface area contributed by atoms with E-state index in [0.717, 1.165) is 31.4 Å². The van der Waals surface area contributed by atoms with Gasteiger partial charge in [0.1, 0.15) is 0 Å². The Morgan fingerprint density at radius 2 is 2.14 bits per heavy atom. The third-order valence-corrected chi connectivity index (χ3v) is 4.45. The van der Waals surface area contributed by atoms with Gasteiger partial charge < -0.3 is 4.42 Å². The predicted molar refractivity (Wildman–Crippen MR) is 76.5 cm³/mol. The molecule has 3 heterocycles. The van der Waals surface area contributed by atoms with E-state index in [1.165, 1.54) is 32.1 Å². The Balaban J connectivity index is 1.42. The van der Waals surface area contributed by atoms with Crippen LogP contribution in [0.15, 0.2) is 22.9 Å². The minimum atomic E-state index is 0.509. The molecule has 6 nitrogen and oxygen atoms in total. The summed E-state index contributed by atoms with van der Waals surface area (Å²) in [5, 5.41) is 12.7. The number of likely N-dealkylation sites (tertiary alicyclic amines) is 1. The molecule has 21 heavy (non-hydrogen) atoms. The van der Waals surface area contributed by atoms with Crippen molar-refractivity contribution in [1.29, 1.82) is 0 Å². The number of rotatable bonds is 5. The summed E-state index contributed by atoms with van der Waals surface area (Å²) in [4.78, 5) is 2.47. The van der Waals surface area contributed by atoms with Gasteiger partial charge in [0.25, 0.3) is 0 Å². The van der Waals surface area contributed by atoms with Crippen LogP contribution in [0.5, 0.6) is 0 Å². The molecule has 1 aliphatic carbocycles. The highest BCUT2D eigenvalue weighted by atomic mass is 16.4. The molecule has 1 saturated carbocycles. The third kappa shape index (κ3) is 3.00. The highest BCUT2D eigenvalue weighted by Gasteiger charge is 2.30. The van der Waals surface area contributed by atoms with Crippen molar-refractivity contribution in [2.45, 2.75) is 57.2 Å². The lowest BCUT2D eigenvalue weighted by atomic mass is 10.0. The van der Waals surface area contributed by atoms with E-state index in [1.807, 2.05) is 23.1 Å². The standard InChI is InChI=1S/C15H21N5O/c1-2-8-19(13(4-1)10-20-9-3-7-16-20)11-14-17-18-15(21-14)12-5-6-12/h3,7,9,12-13H,1-2,4-6,8,10-11H2. The molecule has 2 aliphatic rings. The highest BCUT2D eigenvalue weighted by molar-refractivity contribution is 5.00. The maximum Gasteiger partial charge on any atom is 0.230 e. The van der Waals surface area contributed by atoms with Crippen molar-refractivity contribution >= 4 is 0 Å². The van der Waals surface area contributed by atoms with E-state index in [0.29, 0.717) is 12.0 Å². The van der Waals surface area contributed by atoms with E-state index >= 15 is 0 Å². The molecule has 1 atom stereocenters. The average Bonchev–Trinajstić information content (AvgIpc) is 3.03. The maximum absolute atomic E-state index is 5.81. The fraction of sp³-hybridized carbons (Fsp3) is 0.667. The van der Waals surface area contributed by atoms with Crippen LogP contribution in [0, 0.1) is 0 Å². The van der Waals surface area contributed by atoms with Crippen LogP contribution in [0.1, 0.15) is 49.8 Å². The Morgan fingerprint density at radius 1 is 1.19 bits per heavy atom. The van der Waals surface area contributed by atoms with Gasteiger partial charge in [-0.25, -0.2) is 0 Å². The summed E-state index contributed by atoms with van der Waals surface area (Å²) in [5.41, 5.74) is 0. The molecule has 2 aromatic rings. The summed E-state index contributed by atoms with van der Waals surface area (Å²) >= 11 is 0. The zero-order valence-corrected chi connectivity index (χ0v) is 12.2. The summed E-state index contributed by atoms with van der Waals surface area (Å²) in [7, 11) is 0. The average molecular weight is 287 g/mol. The van der Waals surface area contributed by atoms with E-state index in [-0.39, 0.29) is 0 Å². The van der Waals surface area contributed by atoms with E-state index in [4.69, 9.17) is 4.42 Å². The lowest BCUT2D eigenvalue weighted by Crippen LogP contribution is -2.41. The lowest BCUT2D eigenvalue weighted by Gasteiger charge is -2.34. The zero-order chi connectivity index (χ0) is 14.1. The topological polar surface area (TPSA) is 60.0 Å². The summed E-state index contributed by atoms with van der Waals surface area (Å²) in [6.45, 7) is 2.81. The second kappa shape index (κ2) is 5.60. The van der Waals surface area contributed by atoms with Gasteiger partial charge in [0.15, 0.2) is 0 Å². The number of piperidine rings is 1. The van der Waals surface area contributed by atoms with E-state index in [1.54, 1.807) is 0 Å². The molecule has 1 saturated heterocycles. The molecule has 112 valence electrons. The lowest BCUT2D eigenvalue weighted by molar-refractivity contribution is 0.110. The summed E-state index contributed by atoms with van der Waals surface area (Å²) < 4.78 is 7.83. The molecule has 0 bridgehead atoms. The van der Waals surface area contributed by atoms with Crippen molar-refractivity contribution in [1.82, 2.24) is 24.9 Å². The van der Waals surface area contributed by atoms with Gasteiger partial charge in [0.05, 0.1) is 13.1 Å². The van der Waals surface area contributed by atoms with E-state index in [2.05, 4.69) is 20.2 Å². The molecule has 2 aromatic heterocycles. The molecule has 0 N–H and O–H groups in total. The van der Waals surface area contributed by atoms with Crippen molar-refractivity contribution in [2.24, 2.45) is 0 Å². The molecule has 0 radical (unpaired) electrons. The Hall–Kier alpha value is -1.69. The fourth-order valence-electron chi connectivity index (χ4n) is 3.10. The highest BCUT2D eigenvalue weighted by Crippen LogP contribution is 2.39. The Kier molecular flexibility index (Phi) is 3.47. The van der Waals surface area contributed by atoms with Gasteiger partial charge >= 0.3 is 0 Å². The van der Waals surface area contributed by atoms with Crippen LogP contribution in [0.4, 0.5) is 0 Å². The largest absolute Gasteiger partial charge is 0.424 e. The molecule has 0 aromatic carbocycles. The van der Waals surface area contributed by atoms with Crippen LogP contribution >= 0.6 is 0 Å². The van der Waals surface area contributed by atoms with Crippen LogP contribution in [0.2, 0.25) is 0 Å². The van der Waals surface area contributed by atoms with Crippen molar-refractivity contribution in [2.75, 3.05) is 6.54 Å². The Bertz CT molecular complexity index is 575. The molecular formula is C15H21N5O. The van der Waals surface area contributed by atoms with Crippen LogP contribution in [-0.2, 0) is 13.1 Å². The van der Waals surface area contributed by atoms with Gasteiger partial charge in [-0.15, -0.1) is 10.2 Å². The maximum atomic E-state index is 5.81. The molecule has 0 spiro atoms. The van der Waals surface area contributed by atoms with E-state index < -0.39 is 0 Å². The second-order valence-corrected chi connectivity index (χ2v) is 6.16. The van der Waals surface area contributed by atoms with Gasteiger partial charge in [0.2, 0.25) is 11.8 Å². The fourth-order valence-corrected chi connectivity index (χ4v) is 3.10. The number of hydrogen-bond donors (Lipinski definition) is 0. The van der Waals surface area contributed by atoms with Crippen molar-refractivity contribution in [3.05, 3.63) is 30.2 Å². The van der Waals surface area contributed by atoms with Gasteiger partial charge in [-0.05, 0) is 38.3 Å². The molecular weight excluding hydrogens is 266 g/mol. The first-order valence-electron chi connectivity index (χ1n) is 7.92. The molecule has 6 heteroatoms. The first-order chi connectivity index (χ1) is 10.4. The van der Waals surface area contributed by atoms with Crippen LogP contribution in [0.3, 0.4) is 0 Å². The predicted octanol–water partition coefficient (Wildman–Crippen LogP) is 2.20. The van der Waals surface area contributed by atoms with Crippen LogP contribution in [-0.4, -0.2) is 37.5 Å².